The van der Waals surface area contributed by atoms with Gasteiger partial charge in [-0.05, 0) is 60.8 Å². The molecule has 2 nitrogen and oxygen atoms in total. The van der Waals surface area contributed by atoms with Crippen LogP contribution in [0.2, 0.25) is 0 Å². The van der Waals surface area contributed by atoms with Gasteiger partial charge in [-0.3, -0.25) is 4.79 Å². The third-order valence-corrected chi connectivity index (χ3v) is 4.41. The minimum Gasteiger partial charge on any atom is -0.508 e. The molecule has 2 atom stereocenters. The smallest absolute Gasteiger partial charge is 0.133 e. The molecule has 0 saturated heterocycles. The molecule has 0 aliphatic heterocycles. The van der Waals surface area contributed by atoms with E-state index in [-0.39, 0.29) is 0 Å². The fourth-order valence-electron chi connectivity index (χ4n) is 3.42. The number of carbonyl (C=O) groups is 1. The summed E-state index contributed by atoms with van der Waals surface area (Å²) in [6.45, 7) is 0. The number of Topliss-reactive ketones (excluding diaryl/α,β-unsaturated/α-hetero) is 1. The average Bonchev–Trinajstić information content (AvgIpc) is 2.75. The fourth-order valence-corrected chi connectivity index (χ4v) is 3.42. The van der Waals surface area contributed by atoms with Crippen molar-refractivity contribution in [3.63, 3.8) is 0 Å². The van der Waals surface area contributed by atoms with Gasteiger partial charge in [0, 0.05) is 12.8 Å². The lowest BCUT2D eigenvalue weighted by molar-refractivity contribution is -0.117. The third-order valence-electron chi connectivity index (χ3n) is 4.41. The SMILES string of the molecule is O=C1CC[C@H]([C@@H]2CCc3cc(O)ccc3C2)C1. The van der Waals surface area contributed by atoms with Crippen molar-refractivity contribution in [2.24, 2.45) is 11.8 Å². The predicted molar refractivity (Wildman–Crippen MR) is 66.0 cm³/mol. The Kier molecular flexibility index (Phi) is 2.65. The maximum atomic E-state index is 11.4. The van der Waals surface area contributed by atoms with E-state index >= 15 is 0 Å². The second kappa shape index (κ2) is 4.17. The van der Waals surface area contributed by atoms with Crippen LogP contribution in [0.3, 0.4) is 0 Å². The summed E-state index contributed by atoms with van der Waals surface area (Å²) in [5.74, 6) is 2.12. The van der Waals surface area contributed by atoms with E-state index in [2.05, 4.69) is 0 Å². The van der Waals surface area contributed by atoms with Crippen molar-refractivity contribution in [2.45, 2.75) is 38.5 Å². The van der Waals surface area contributed by atoms with Crippen LogP contribution in [0.5, 0.6) is 5.75 Å². The predicted octanol–water partition coefficient (Wildman–Crippen LogP) is 2.87. The van der Waals surface area contributed by atoms with Gasteiger partial charge < -0.3 is 5.11 Å². The van der Waals surface area contributed by atoms with Crippen LogP contribution >= 0.6 is 0 Å². The van der Waals surface area contributed by atoms with Gasteiger partial charge in [-0.1, -0.05) is 6.07 Å². The van der Waals surface area contributed by atoms with Crippen LogP contribution in [0, 0.1) is 11.8 Å². The first-order valence-electron chi connectivity index (χ1n) is 6.55. The van der Waals surface area contributed by atoms with E-state index < -0.39 is 0 Å². The Hall–Kier alpha value is -1.31. The lowest BCUT2D eigenvalue weighted by atomic mass is 9.76. The Morgan fingerprint density at radius 1 is 1.00 bits per heavy atom. The van der Waals surface area contributed by atoms with Gasteiger partial charge in [-0.2, -0.15) is 0 Å². The average molecular weight is 230 g/mol. The van der Waals surface area contributed by atoms with Gasteiger partial charge in [0.1, 0.15) is 11.5 Å². The molecule has 1 N–H and O–H groups in total. The van der Waals surface area contributed by atoms with Crippen LogP contribution in [0.1, 0.15) is 36.8 Å². The summed E-state index contributed by atoms with van der Waals surface area (Å²) in [4.78, 5) is 11.4. The summed E-state index contributed by atoms with van der Waals surface area (Å²) in [5, 5.41) is 9.46. The van der Waals surface area contributed by atoms with Crippen LogP contribution in [0.25, 0.3) is 0 Å². The zero-order valence-electron chi connectivity index (χ0n) is 9.98. The molecular formula is C15H18O2. The number of hydrogen-bond donors (Lipinski definition) is 1. The molecule has 1 aromatic rings. The van der Waals surface area contributed by atoms with E-state index in [1.807, 2.05) is 12.1 Å². The molecule has 0 radical (unpaired) electrons. The zero-order valence-corrected chi connectivity index (χ0v) is 9.98. The summed E-state index contributed by atoms with van der Waals surface area (Å²) in [6.07, 6.45) is 6.01. The molecule has 3 rings (SSSR count). The fraction of sp³-hybridized carbons (Fsp3) is 0.533. The molecule has 2 aliphatic carbocycles. The van der Waals surface area contributed by atoms with Crippen molar-refractivity contribution in [2.75, 3.05) is 0 Å². The van der Waals surface area contributed by atoms with Crippen LogP contribution < -0.4 is 0 Å². The number of rotatable bonds is 1. The van der Waals surface area contributed by atoms with E-state index in [4.69, 9.17) is 0 Å². The first kappa shape index (κ1) is 10.8. The number of aryl methyl sites for hydroxylation is 1. The molecule has 0 aromatic heterocycles. The Labute approximate surface area is 102 Å². The number of carbonyl (C=O) groups excluding carboxylic acids is 1. The minimum atomic E-state index is 0.373. The molecule has 0 bridgehead atoms. The highest BCUT2D eigenvalue weighted by Crippen LogP contribution is 2.38. The lowest BCUT2D eigenvalue weighted by Crippen LogP contribution is -2.21. The van der Waals surface area contributed by atoms with Crippen LogP contribution in [0.4, 0.5) is 0 Å². The van der Waals surface area contributed by atoms with Crippen molar-refractivity contribution < 1.29 is 9.90 Å². The van der Waals surface area contributed by atoms with E-state index in [1.165, 1.54) is 17.5 Å². The molecular weight excluding hydrogens is 212 g/mol. The molecule has 1 aromatic carbocycles. The second-order valence-electron chi connectivity index (χ2n) is 5.50. The number of phenolic OH excluding ortho intramolecular Hbond substituents is 1. The number of phenols is 1. The molecule has 0 amide bonds. The molecule has 2 heteroatoms. The minimum absolute atomic E-state index is 0.373. The molecule has 90 valence electrons. The van der Waals surface area contributed by atoms with Gasteiger partial charge in [0.05, 0.1) is 0 Å². The highest BCUT2D eigenvalue weighted by Gasteiger charge is 2.31. The second-order valence-corrected chi connectivity index (χ2v) is 5.50. The number of hydrogen-bond acceptors (Lipinski definition) is 2. The van der Waals surface area contributed by atoms with Crippen molar-refractivity contribution >= 4 is 5.78 Å². The third kappa shape index (κ3) is 2.08. The topological polar surface area (TPSA) is 37.3 Å². The van der Waals surface area contributed by atoms with Crippen LogP contribution in [0.15, 0.2) is 18.2 Å². The Morgan fingerprint density at radius 3 is 2.53 bits per heavy atom. The van der Waals surface area contributed by atoms with Crippen molar-refractivity contribution in [1.82, 2.24) is 0 Å². The standard InChI is InChI=1S/C15H18O2/c16-14-5-3-11-7-10(1-2-12(11)8-14)13-4-6-15(17)9-13/h3,5,8,10,13,16H,1-2,4,6-7,9H2/t10-,13+/m1/s1. The van der Waals surface area contributed by atoms with Crippen molar-refractivity contribution in [1.29, 1.82) is 0 Å². The van der Waals surface area contributed by atoms with Crippen molar-refractivity contribution in [3.8, 4) is 5.75 Å². The number of benzene rings is 1. The summed E-state index contributed by atoms with van der Waals surface area (Å²) < 4.78 is 0. The van der Waals surface area contributed by atoms with E-state index in [1.54, 1.807) is 6.07 Å². The van der Waals surface area contributed by atoms with E-state index in [0.29, 0.717) is 23.4 Å². The van der Waals surface area contributed by atoms with Gasteiger partial charge in [0.25, 0.3) is 0 Å². The number of ketones is 1. The molecule has 0 spiro atoms. The molecule has 1 saturated carbocycles. The van der Waals surface area contributed by atoms with Gasteiger partial charge in [-0.25, -0.2) is 0 Å². The van der Waals surface area contributed by atoms with Gasteiger partial charge in [-0.15, -0.1) is 0 Å². The Bertz CT molecular complexity index is 450. The normalized spacial score (nSPS) is 28.1. The molecule has 17 heavy (non-hydrogen) atoms. The largest absolute Gasteiger partial charge is 0.508 e. The summed E-state index contributed by atoms with van der Waals surface area (Å²) >= 11 is 0. The molecule has 0 heterocycles. The van der Waals surface area contributed by atoms with Crippen LogP contribution in [-0.4, -0.2) is 10.9 Å². The lowest BCUT2D eigenvalue weighted by Gasteiger charge is -2.28. The van der Waals surface area contributed by atoms with Crippen LogP contribution in [-0.2, 0) is 17.6 Å². The zero-order chi connectivity index (χ0) is 11.8. The van der Waals surface area contributed by atoms with Gasteiger partial charge in [0.2, 0.25) is 0 Å². The Balaban J connectivity index is 1.76. The maximum absolute atomic E-state index is 11.4. The number of aromatic hydroxyl groups is 1. The summed E-state index contributed by atoms with van der Waals surface area (Å²) in [6, 6.07) is 5.72. The van der Waals surface area contributed by atoms with E-state index in [9.17, 15) is 9.90 Å². The number of fused-ring (bicyclic) bond motifs is 1. The summed E-state index contributed by atoms with van der Waals surface area (Å²) in [5.41, 5.74) is 2.67. The quantitative estimate of drug-likeness (QED) is 0.805. The first-order chi connectivity index (χ1) is 8.22. The van der Waals surface area contributed by atoms with Crippen molar-refractivity contribution in [3.05, 3.63) is 29.3 Å². The Morgan fingerprint density at radius 2 is 1.76 bits per heavy atom. The van der Waals surface area contributed by atoms with E-state index in [0.717, 1.165) is 32.1 Å². The van der Waals surface area contributed by atoms with Gasteiger partial charge >= 0.3 is 0 Å². The highest BCUT2D eigenvalue weighted by molar-refractivity contribution is 5.80. The molecule has 0 unspecified atom stereocenters. The molecule has 2 aliphatic rings. The van der Waals surface area contributed by atoms with Gasteiger partial charge in [0.15, 0.2) is 0 Å². The highest BCUT2D eigenvalue weighted by atomic mass is 16.3. The first-order valence-corrected chi connectivity index (χ1v) is 6.55. The monoisotopic (exact) mass is 230 g/mol. The maximum Gasteiger partial charge on any atom is 0.133 e. The molecule has 1 fully saturated rings. The summed E-state index contributed by atoms with van der Waals surface area (Å²) in [7, 11) is 0.